The molecular weight excluding hydrogens is 454 g/mol. The van der Waals surface area contributed by atoms with Gasteiger partial charge in [0.05, 0.1) is 12.3 Å². The molecule has 2 aliphatic rings. The van der Waals surface area contributed by atoms with E-state index in [1.54, 1.807) is 42.2 Å². The number of nitrogens with one attached hydrogen (secondary N) is 1. The normalized spacial score (nSPS) is 17.8. The molecule has 2 amide bonds. The number of rotatable bonds is 9. The Kier molecular flexibility index (Phi) is 7.31. The molecule has 2 aromatic rings. The van der Waals surface area contributed by atoms with Gasteiger partial charge in [0.2, 0.25) is 5.91 Å². The Morgan fingerprint density at radius 3 is 2.66 bits per heavy atom. The molecule has 4 rings (SSSR count). The molecule has 0 saturated heterocycles. The molecule has 35 heavy (non-hydrogen) atoms. The third-order valence-electron chi connectivity index (χ3n) is 5.98. The van der Waals surface area contributed by atoms with Gasteiger partial charge in [-0.15, -0.1) is 0 Å². The molecule has 0 spiro atoms. The first-order valence-corrected chi connectivity index (χ1v) is 11.4. The number of carboxylic acids is 1. The largest absolute Gasteiger partial charge is 0.489 e. The summed E-state index contributed by atoms with van der Waals surface area (Å²) in [6.07, 6.45) is 0.203. The highest BCUT2D eigenvalue weighted by molar-refractivity contribution is 6.02. The Bertz CT molecular complexity index is 1140. The van der Waals surface area contributed by atoms with Crippen molar-refractivity contribution in [2.75, 3.05) is 31.2 Å². The fraction of sp³-hybridized carbons (Fsp3) is 0.360. The lowest BCUT2D eigenvalue weighted by Gasteiger charge is -2.27. The van der Waals surface area contributed by atoms with E-state index in [1.807, 2.05) is 18.2 Å². The molecule has 0 radical (unpaired) electrons. The molecule has 1 unspecified atom stereocenters. The van der Waals surface area contributed by atoms with E-state index in [4.69, 9.17) is 9.47 Å². The molecule has 2 aliphatic heterocycles. The van der Waals surface area contributed by atoms with Crippen molar-refractivity contribution in [2.24, 2.45) is 0 Å². The van der Waals surface area contributed by atoms with Gasteiger partial charge in [0.1, 0.15) is 31.0 Å². The number of benzene rings is 2. The minimum Gasteiger partial charge on any atom is -0.489 e. The number of anilines is 1. The molecule has 10 heteroatoms. The van der Waals surface area contributed by atoms with Crippen molar-refractivity contribution in [1.82, 2.24) is 10.2 Å². The number of para-hydroxylation sites is 2. The summed E-state index contributed by atoms with van der Waals surface area (Å²) in [6.45, 7) is 1.89. The molecule has 2 aromatic carbocycles. The van der Waals surface area contributed by atoms with E-state index in [0.29, 0.717) is 23.5 Å². The third-order valence-corrected chi connectivity index (χ3v) is 5.98. The topological polar surface area (TPSA) is 125 Å². The number of fused-ring (bicyclic) bond motifs is 2. The quantitative estimate of drug-likeness (QED) is 0.516. The van der Waals surface area contributed by atoms with Crippen molar-refractivity contribution in [3.05, 3.63) is 59.7 Å². The van der Waals surface area contributed by atoms with Gasteiger partial charge in [-0.3, -0.25) is 29.4 Å². The summed E-state index contributed by atoms with van der Waals surface area (Å²) in [7, 11) is 0. The summed E-state index contributed by atoms with van der Waals surface area (Å²) in [4.78, 5) is 53.0. The van der Waals surface area contributed by atoms with Crippen LogP contribution in [0.1, 0.15) is 29.3 Å². The summed E-state index contributed by atoms with van der Waals surface area (Å²) >= 11 is 0. The second-order valence-electron chi connectivity index (χ2n) is 8.29. The molecule has 0 aromatic heterocycles. The van der Waals surface area contributed by atoms with E-state index in [9.17, 15) is 24.3 Å². The zero-order valence-corrected chi connectivity index (χ0v) is 19.3. The van der Waals surface area contributed by atoms with Crippen LogP contribution in [0.2, 0.25) is 0 Å². The standard InChI is InChI=1S/C25H27N3O7/c1-2-34-25(33)18(11-12-27-13-16-7-3-4-8-17(16)23(27)31)26-19-15-35-21-10-6-5-9-20(21)28(24(19)32)14-22(29)30/h3-10,18-19,26H,2,11-15H2,1H3,(H,29,30)/t18-,19?/m0/s1. The number of amides is 2. The minimum absolute atomic E-state index is 0.101. The highest BCUT2D eigenvalue weighted by Crippen LogP contribution is 2.31. The number of carboxylic acid groups (broad SMARTS) is 1. The van der Waals surface area contributed by atoms with E-state index < -0.39 is 36.5 Å². The number of hydrogen-bond donors (Lipinski definition) is 2. The molecule has 0 aliphatic carbocycles. The third kappa shape index (κ3) is 5.27. The van der Waals surface area contributed by atoms with E-state index in [1.165, 1.54) is 0 Å². The van der Waals surface area contributed by atoms with E-state index in [0.717, 1.165) is 10.5 Å². The molecule has 0 bridgehead atoms. The molecule has 2 heterocycles. The van der Waals surface area contributed by atoms with Crippen LogP contribution < -0.4 is 15.0 Å². The second-order valence-corrected chi connectivity index (χ2v) is 8.29. The first kappa shape index (κ1) is 24.2. The van der Waals surface area contributed by atoms with Crippen LogP contribution in [-0.4, -0.2) is 72.1 Å². The van der Waals surface area contributed by atoms with Gasteiger partial charge in [0.15, 0.2) is 0 Å². The second kappa shape index (κ2) is 10.6. The first-order chi connectivity index (χ1) is 16.9. The van der Waals surface area contributed by atoms with Crippen LogP contribution in [0.4, 0.5) is 5.69 Å². The molecule has 0 saturated carbocycles. The predicted molar refractivity (Wildman–Crippen MR) is 125 cm³/mol. The smallest absolute Gasteiger partial charge is 0.323 e. The molecule has 184 valence electrons. The lowest BCUT2D eigenvalue weighted by atomic mass is 10.1. The summed E-state index contributed by atoms with van der Waals surface area (Å²) in [5.41, 5.74) is 1.91. The van der Waals surface area contributed by atoms with Crippen LogP contribution in [0, 0.1) is 0 Å². The predicted octanol–water partition coefficient (Wildman–Crippen LogP) is 1.43. The molecular formula is C25H27N3O7. The monoisotopic (exact) mass is 481 g/mol. The van der Waals surface area contributed by atoms with Crippen molar-refractivity contribution in [2.45, 2.75) is 32.0 Å². The Balaban J connectivity index is 1.50. The summed E-state index contributed by atoms with van der Waals surface area (Å²) in [5, 5.41) is 12.4. The minimum atomic E-state index is -1.18. The van der Waals surface area contributed by atoms with Gasteiger partial charge in [0, 0.05) is 18.7 Å². The maximum Gasteiger partial charge on any atom is 0.323 e. The van der Waals surface area contributed by atoms with E-state index >= 15 is 0 Å². The van der Waals surface area contributed by atoms with E-state index in [-0.39, 0.29) is 32.1 Å². The Morgan fingerprint density at radius 2 is 1.91 bits per heavy atom. The van der Waals surface area contributed by atoms with Gasteiger partial charge in [-0.05, 0) is 37.1 Å². The molecule has 0 fully saturated rings. The van der Waals surface area contributed by atoms with Crippen molar-refractivity contribution in [1.29, 1.82) is 0 Å². The Morgan fingerprint density at radius 1 is 1.17 bits per heavy atom. The molecule has 2 N–H and O–H groups in total. The lowest BCUT2D eigenvalue weighted by Crippen LogP contribution is -2.55. The zero-order valence-electron chi connectivity index (χ0n) is 19.3. The van der Waals surface area contributed by atoms with Gasteiger partial charge in [-0.1, -0.05) is 30.3 Å². The van der Waals surface area contributed by atoms with Crippen molar-refractivity contribution in [3.63, 3.8) is 0 Å². The SMILES string of the molecule is CCOC(=O)[C@H](CCN1Cc2ccccc2C1=O)NC1COc2ccccc2N(CC(=O)O)C1=O. The van der Waals surface area contributed by atoms with Crippen molar-refractivity contribution >= 4 is 29.4 Å². The Labute approximate surface area is 202 Å². The fourth-order valence-corrected chi connectivity index (χ4v) is 4.31. The number of hydrogen-bond acceptors (Lipinski definition) is 7. The maximum atomic E-state index is 13.3. The number of esters is 1. The van der Waals surface area contributed by atoms with Crippen LogP contribution in [-0.2, 0) is 25.7 Å². The zero-order chi connectivity index (χ0) is 24.9. The highest BCUT2D eigenvalue weighted by atomic mass is 16.5. The van der Waals surface area contributed by atoms with Crippen LogP contribution in [0.15, 0.2) is 48.5 Å². The van der Waals surface area contributed by atoms with Crippen molar-refractivity contribution < 1.29 is 33.8 Å². The number of ether oxygens (including phenoxy) is 2. The van der Waals surface area contributed by atoms with Gasteiger partial charge >= 0.3 is 11.9 Å². The number of carbonyl (C=O) groups excluding carboxylic acids is 3. The number of carbonyl (C=O) groups is 4. The first-order valence-electron chi connectivity index (χ1n) is 11.4. The average Bonchev–Trinajstić information content (AvgIpc) is 3.10. The highest BCUT2D eigenvalue weighted by Gasteiger charge is 2.36. The van der Waals surface area contributed by atoms with Crippen LogP contribution in [0.3, 0.4) is 0 Å². The lowest BCUT2D eigenvalue weighted by molar-refractivity contribution is -0.146. The summed E-state index contributed by atoms with van der Waals surface area (Å²) in [5.74, 6) is -2.00. The Hall–Kier alpha value is -3.92. The fourth-order valence-electron chi connectivity index (χ4n) is 4.31. The molecule has 10 nitrogen and oxygen atoms in total. The van der Waals surface area contributed by atoms with Gasteiger partial charge < -0.3 is 19.5 Å². The maximum absolute atomic E-state index is 13.3. The van der Waals surface area contributed by atoms with Gasteiger partial charge in [-0.2, -0.15) is 0 Å². The number of aliphatic carboxylic acids is 1. The van der Waals surface area contributed by atoms with Crippen LogP contribution in [0.25, 0.3) is 0 Å². The van der Waals surface area contributed by atoms with E-state index in [2.05, 4.69) is 5.32 Å². The number of nitrogens with zero attached hydrogens (tertiary/aromatic N) is 2. The van der Waals surface area contributed by atoms with Crippen LogP contribution in [0.5, 0.6) is 5.75 Å². The molecule has 2 atom stereocenters. The average molecular weight is 482 g/mol. The van der Waals surface area contributed by atoms with Crippen LogP contribution >= 0.6 is 0 Å². The summed E-state index contributed by atoms with van der Waals surface area (Å²) in [6, 6.07) is 12.1. The van der Waals surface area contributed by atoms with Crippen molar-refractivity contribution in [3.8, 4) is 5.75 Å². The summed E-state index contributed by atoms with van der Waals surface area (Å²) < 4.78 is 11.0. The van der Waals surface area contributed by atoms with Gasteiger partial charge in [0.25, 0.3) is 5.91 Å². The van der Waals surface area contributed by atoms with Gasteiger partial charge in [-0.25, -0.2) is 0 Å².